The lowest BCUT2D eigenvalue weighted by Gasteiger charge is -2.03. The summed E-state index contributed by atoms with van der Waals surface area (Å²) in [7, 11) is 1.51. The van der Waals surface area contributed by atoms with Gasteiger partial charge >= 0.3 is 0 Å². The van der Waals surface area contributed by atoms with Gasteiger partial charge in [-0.05, 0) is 6.92 Å². The van der Waals surface area contributed by atoms with Crippen molar-refractivity contribution in [3.8, 4) is 5.88 Å². The van der Waals surface area contributed by atoms with Crippen molar-refractivity contribution >= 4 is 0 Å². The summed E-state index contributed by atoms with van der Waals surface area (Å²) in [5, 5.41) is 9.09. The number of aromatic nitrogens is 2. The van der Waals surface area contributed by atoms with E-state index in [1.807, 2.05) is 0 Å². The SMILES string of the molecule is COc1cncc(C(C)O)n1. The third-order valence-corrected chi connectivity index (χ3v) is 1.27. The molecule has 4 heteroatoms. The first-order valence-electron chi connectivity index (χ1n) is 3.28. The maximum absolute atomic E-state index is 9.09. The lowest BCUT2D eigenvalue weighted by molar-refractivity contribution is 0.192. The molecule has 0 aliphatic carbocycles. The molecule has 1 unspecified atom stereocenters. The number of aliphatic hydroxyl groups is 1. The van der Waals surface area contributed by atoms with Gasteiger partial charge in [-0.3, -0.25) is 4.98 Å². The van der Waals surface area contributed by atoms with Gasteiger partial charge in [-0.15, -0.1) is 0 Å². The maximum Gasteiger partial charge on any atom is 0.232 e. The Hall–Kier alpha value is -1.16. The summed E-state index contributed by atoms with van der Waals surface area (Å²) in [6.45, 7) is 1.63. The smallest absolute Gasteiger partial charge is 0.232 e. The molecule has 60 valence electrons. The highest BCUT2D eigenvalue weighted by Gasteiger charge is 2.03. The number of rotatable bonds is 2. The molecule has 0 aromatic carbocycles. The highest BCUT2D eigenvalue weighted by atomic mass is 16.5. The van der Waals surface area contributed by atoms with Crippen molar-refractivity contribution in [1.29, 1.82) is 0 Å². The first-order chi connectivity index (χ1) is 5.24. The Kier molecular flexibility index (Phi) is 2.38. The molecular weight excluding hydrogens is 144 g/mol. The molecule has 1 N–H and O–H groups in total. The summed E-state index contributed by atoms with van der Waals surface area (Å²) in [6, 6.07) is 0. The molecule has 1 atom stereocenters. The quantitative estimate of drug-likeness (QED) is 0.675. The zero-order valence-electron chi connectivity index (χ0n) is 6.48. The molecule has 1 aromatic heterocycles. The van der Waals surface area contributed by atoms with E-state index in [9.17, 15) is 0 Å². The summed E-state index contributed by atoms with van der Waals surface area (Å²) < 4.78 is 4.82. The van der Waals surface area contributed by atoms with E-state index in [0.29, 0.717) is 11.6 Å². The average Bonchev–Trinajstić information content (AvgIpc) is 2.05. The normalized spacial score (nSPS) is 12.6. The minimum Gasteiger partial charge on any atom is -0.480 e. The van der Waals surface area contributed by atoms with Crippen LogP contribution >= 0.6 is 0 Å². The van der Waals surface area contributed by atoms with Gasteiger partial charge in [-0.2, -0.15) is 0 Å². The molecule has 1 rings (SSSR count). The van der Waals surface area contributed by atoms with Crippen LogP contribution in [0.25, 0.3) is 0 Å². The number of methoxy groups -OCH3 is 1. The van der Waals surface area contributed by atoms with E-state index < -0.39 is 6.10 Å². The van der Waals surface area contributed by atoms with Crippen molar-refractivity contribution in [2.45, 2.75) is 13.0 Å². The maximum atomic E-state index is 9.09. The van der Waals surface area contributed by atoms with Crippen molar-refractivity contribution in [3.63, 3.8) is 0 Å². The Balaban J connectivity index is 2.91. The predicted octanol–water partition coefficient (Wildman–Crippen LogP) is 0.538. The van der Waals surface area contributed by atoms with Crippen LogP contribution in [0, 0.1) is 0 Å². The molecule has 0 aliphatic heterocycles. The van der Waals surface area contributed by atoms with E-state index in [4.69, 9.17) is 9.84 Å². The second-order valence-electron chi connectivity index (χ2n) is 2.16. The number of hydrogen-bond donors (Lipinski definition) is 1. The van der Waals surface area contributed by atoms with Crippen LogP contribution in [0.2, 0.25) is 0 Å². The largest absolute Gasteiger partial charge is 0.480 e. The van der Waals surface area contributed by atoms with Gasteiger partial charge in [0.05, 0.1) is 31.3 Å². The highest BCUT2D eigenvalue weighted by molar-refractivity contribution is 5.09. The fraction of sp³-hybridized carbons (Fsp3) is 0.429. The Morgan fingerprint density at radius 2 is 2.27 bits per heavy atom. The van der Waals surface area contributed by atoms with E-state index in [1.54, 1.807) is 6.92 Å². The van der Waals surface area contributed by atoms with Crippen LogP contribution in [0.15, 0.2) is 12.4 Å². The number of ether oxygens (including phenoxy) is 1. The minimum absolute atomic E-state index is 0.420. The second-order valence-corrected chi connectivity index (χ2v) is 2.16. The summed E-state index contributed by atoms with van der Waals surface area (Å²) in [5.74, 6) is 0.420. The Morgan fingerprint density at radius 1 is 1.55 bits per heavy atom. The van der Waals surface area contributed by atoms with Crippen molar-refractivity contribution in [2.24, 2.45) is 0 Å². The van der Waals surface area contributed by atoms with Crippen molar-refractivity contribution in [2.75, 3.05) is 7.11 Å². The van der Waals surface area contributed by atoms with Crippen molar-refractivity contribution in [1.82, 2.24) is 9.97 Å². The van der Waals surface area contributed by atoms with Gasteiger partial charge in [0.15, 0.2) is 0 Å². The van der Waals surface area contributed by atoms with Crippen LogP contribution in [-0.2, 0) is 0 Å². The van der Waals surface area contributed by atoms with E-state index in [0.717, 1.165) is 0 Å². The molecule has 0 aliphatic rings. The summed E-state index contributed by atoms with van der Waals surface area (Å²) in [5.41, 5.74) is 0.518. The minimum atomic E-state index is -0.599. The van der Waals surface area contributed by atoms with Crippen LogP contribution < -0.4 is 4.74 Å². The summed E-state index contributed by atoms with van der Waals surface area (Å²) >= 11 is 0. The lowest BCUT2D eigenvalue weighted by Crippen LogP contribution is -1.98. The predicted molar refractivity (Wildman–Crippen MR) is 39.2 cm³/mol. The molecular formula is C7H10N2O2. The van der Waals surface area contributed by atoms with Gasteiger partial charge in [0.2, 0.25) is 5.88 Å². The van der Waals surface area contributed by atoms with Gasteiger partial charge in [-0.25, -0.2) is 4.98 Å². The van der Waals surface area contributed by atoms with Crippen LogP contribution in [0.3, 0.4) is 0 Å². The van der Waals surface area contributed by atoms with Crippen LogP contribution in [0.1, 0.15) is 18.7 Å². The fourth-order valence-electron chi connectivity index (χ4n) is 0.662. The zero-order valence-corrected chi connectivity index (χ0v) is 6.48. The standard InChI is InChI=1S/C7H10N2O2/c1-5(10)6-3-8-4-7(9-6)11-2/h3-5,10H,1-2H3. The highest BCUT2D eigenvalue weighted by Crippen LogP contribution is 2.10. The molecule has 11 heavy (non-hydrogen) atoms. The average molecular weight is 154 g/mol. The lowest BCUT2D eigenvalue weighted by atomic mass is 10.3. The topological polar surface area (TPSA) is 55.2 Å². The number of aliphatic hydroxyl groups excluding tert-OH is 1. The third-order valence-electron chi connectivity index (χ3n) is 1.27. The Morgan fingerprint density at radius 3 is 2.82 bits per heavy atom. The first kappa shape index (κ1) is 7.94. The van der Waals surface area contributed by atoms with Gasteiger partial charge in [0.25, 0.3) is 0 Å². The molecule has 0 amide bonds. The first-order valence-corrected chi connectivity index (χ1v) is 3.28. The summed E-state index contributed by atoms with van der Waals surface area (Å²) in [6.07, 6.45) is 2.40. The van der Waals surface area contributed by atoms with Gasteiger partial charge in [-0.1, -0.05) is 0 Å². The molecule has 1 heterocycles. The Labute approximate surface area is 64.9 Å². The van der Waals surface area contributed by atoms with E-state index in [-0.39, 0.29) is 0 Å². The van der Waals surface area contributed by atoms with Gasteiger partial charge in [0.1, 0.15) is 0 Å². The van der Waals surface area contributed by atoms with Gasteiger partial charge < -0.3 is 9.84 Å². The molecule has 0 bridgehead atoms. The molecule has 1 aromatic rings. The molecule has 0 saturated heterocycles. The number of nitrogens with zero attached hydrogens (tertiary/aromatic N) is 2. The van der Waals surface area contributed by atoms with E-state index in [2.05, 4.69) is 9.97 Å². The van der Waals surface area contributed by atoms with Crippen molar-refractivity contribution < 1.29 is 9.84 Å². The molecule has 0 saturated carbocycles. The van der Waals surface area contributed by atoms with Crippen LogP contribution in [0.4, 0.5) is 0 Å². The molecule has 0 radical (unpaired) electrons. The summed E-state index contributed by atoms with van der Waals surface area (Å²) in [4.78, 5) is 7.79. The number of hydrogen-bond acceptors (Lipinski definition) is 4. The van der Waals surface area contributed by atoms with Gasteiger partial charge in [0, 0.05) is 0 Å². The van der Waals surface area contributed by atoms with E-state index in [1.165, 1.54) is 19.5 Å². The zero-order chi connectivity index (χ0) is 8.27. The van der Waals surface area contributed by atoms with E-state index >= 15 is 0 Å². The Bertz CT molecular complexity index is 238. The van der Waals surface area contributed by atoms with Crippen LogP contribution in [0.5, 0.6) is 5.88 Å². The molecule has 0 fully saturated rings. The molecule has 0 spiro atoms. The monoisotopic (exact) mass is 154 g/mol. The molecule has 4 nitrogen and oxygen atoms in total. The van der Waals surface area contributed by atoms with Crippen molar-refractivity contribution in [3.05, 3.63) is 18.1 Å². The second kappa shape index (κ2) is 3.30. The fourth-order valence-corrected chi connectivity index (χ4v) is 0.662. The third kappa shape index (κ3) is 1.88. The van der Waals surface area contributed by atoms with Crippen LogP contribution in [-0.4, -0.2) is 22.2 Å².